The van der Waals surface area contributed by atoms with Crippen LogP contribution in [-0.4, -0.2) is 4.98 Å². The van der Waals surface area contributed by atoms with E-state index in [9.17, 15) is 0 Å². The van der Waals surface area contributed by atoms with E-state index in [1.165, 1.54) is 5.56 Å². The van der Waals surface area contributed by atoms with Crippen molar-refractivity contribution in [2.75, 3.05) is 4.90 Å². The summed E-state index contributed by atoms with van der Waals surface area (Å²) in [6.45, 7) is 0. The van der Waals surface area contributed by atoms with Gasteiger partial charge in [0.05, 0.1) is 0 Å². The van der Waals surface area contributed by atoms with Crippen LogP contribution in [0.2, 0.25) is 0 Å². The maximum atomic E-state index is 6.33. The van der Waals surface area contributed by atoms with E-state index >= 15 is 0 Å². The Bertz CT molecular complexity index is 2830. The highest BCUT2D eigenvalue weighted by Crippen LogP contribution is 2.41. The van der Waals surface area contributed by atoms with Crippen molar-refractivity contribution in [1.82, 2.24) is 4.98 Å². The van der Waals surface area contributed by atoms with E-state index in [4.69, 9.17) is 8.83 Å². The van der Waals surface area contributed by atoms with Gasteiger partial charge in [-0.05, 0) is 94.4 Å². The molecule has 0 amide bonds. The molecule has 4 heteroatoms. The molecule has 3 heterocycles. The highest BCUT2D eigenvalue weighted by Gasteiger charge is 2.17. The van der Waals surface area contributed by atoms with Gasteiger partial charge in [0.2, 0.25) is 5.71 Å². The molecule has 10 aromatic rings. The fourth-order valence-electron chi connectivity index (χ4n) is 7.13. The van der Waals surface area contributed by atoms with Gasteiger partial charge in [0, 0.05) is 56.3 Å². The van der Waals surface area contributed by atoms with Gasteiger partial charge < -0.3 is 13.7 Å². The Morgan fingerprint density at radius 3 is 1.98 bits per heavy atom. The number of fused-ring (bicyclic) bond motifs is 8. The molecule has 0 aliphatic rings. The summed E-state index contributed by atoms with van der Waals surface area (Å²) in [5, 5.41) is 6.56. The van der Waals surface area contributed by atoms with Gasteiger partial charge >= 0.3 is 0 Å². The number of benzene rings is 7. The molecule has 0 spiro atoms. The lowest BCUT2D eigenvalue weighted by atomic mass is 9.99. The summed E-state index contributed by atoms with van der Waals surface area (Å²) in [4.78, 5) is 6.75. The first kappa shape index (κ1) is 27.5. The second kappa shape index (κ2) is 11.0. The van der Waals surface area contributed by atoms with Gasteiger partial charge in [0.15, 0.2) is 0 Å². The summed E-state index contributed by atoms with van der Waals surface area (Å²) in [5.74, 6) is 0. The lowest BCUT2D eigenvalue weighted by Gasteiger charge is -2.26. The summed E-state index contributed by atoms with van der Waals surface area (Å²) in [7, 11) is 0. The SMILES string of the molecule is c1ccc(-c2cccc(N(c3ccc(-c4ccc5ccc6c7cccnc7oc6c5c4)cc3)c3ccc4c(c3)oc3ccccc34)c2)cc1. The molecule has 10 rings (SSSR count). The highest BCUT2D eigenvalue weighted by atomic mass is 16.3. The van der Waals surface area contributed by atoms with Crippen LogP contribution in [0, 0.1) is 0 Å². The van der Waals surface area contributed by atoms with E-state index in [2.05, 4.69) is 155 Å². The Morgan fingerprint density at radius 1 is 0.388 bits per heavy atom. The van der Waals surface area contributed by atoms with Crippen molar-refractivity contribution < 1.29 is 8.83 Å². The first-order valence-corrected chi connectivity index (χ1v) is 16.4. The topological polar surface area (TPSA) is 42.4 Å². The average Bonchev–Trinajstić information content (AvgIpc) is 3.74. The number of hydrogen-bond donors (Lipinski definition) is 0. The van der Waals surface area contributed by atoms with E-state index < -0.39 is 0 Å². The van der Waals surface area contributed by atoms with E-state index in [1.54, 1.807) is 6.20 Å². The first-order valence-electron chi connectivity index (χ1n) is 16.4. The zero-order valence-corrected chi connectivity index (χ0v) is 26.4. The molecule has 0 aliphatic carbocycles. The Labute approximate surface area is 282 Å². The molecular formula is C45H28N2O2. The quantitative estimate of drug-likeness (QED) is 0.190. The van der Waals surface area contributed by atoms with Crippen molar-refractivity contribution in [2.45, 2.75) is 0 Å². The molecular weight excluding hydrogens is 601 g/mol. The minimum atomic E-state index is 0.664. The van der Waals surface area contributed by atoms with Crippen LogP contribution in [-0.2, 0) is 0 Å². The van der Waals surface area contributed by atoms with Gasteiger partial charge in [-0.2, -0.15) is 0 Å². The van der Waals surface area contributed by atoms with Crippen molar-refractivity contribution in [3.63, 3.8) is 0 Å². The Hall–Kier alpha value is -6.65. The molecule has 0 aliphatic heterocycles. The number of hydrogen-bond acceptors (Lipinski definition) is 4. The van der Waals surface area contributed by atoms with Crippen LogP contribution in [0.3, 0.4) is 0 Å². The maximum Gasteiger partial charge on any atom is 0.227 e. The Balaban J connectivity index is 1.09. The van der Waals surface area contributed by atoms with Crippen molar-refractivity contribution in [2.24, 2.45) is 0 Å². The largest absolute Gasteiger partial charge is 0.456 e. The average molecular weight is 629 g/mol. The number of para-hydroxylation sites is 1. The monoisotopic (exact) mass is 628 g/mol. The molecule has 0 fully saturated rings. The number of anilines is 3. The van der Waals surface area contributed by atoms with Gasteiger partial charge in [-0.3, -0.25) is 0 Å². The van der Waals surface area contributed by atoms with E-state index in [1.807, 2.05) is 18.2 Å². The van der Waals surface area contributed by atoms with Crippen molar-refractivity contribution in [1.29, 1.82) is 0 Å². The van der Waals surface area contributed by atoms with Crippen LogP contribution in [0.4, 0.5) is 17.1 Å². The molecule has 3 aromatic heterocycles. The molecule has 0 radical (unpaired) electrons. The number of rotatable bonds is 5. The number of furan rings is 2. The Kier molecular flexibility index (Phi) is 6.15. The third-order valence-corrected chi connectivity index (χ3v) is 9.52. The normalized spacial score (nSPS) is 11.7. The van der Waals surface area contributed by atoms with Crippen molar-refractivity contribution in [3.8, 4) is 22.3 Å². The molecule has 0 atom stereocenters. The molecule has 0 unspecified atom stereocenters. The smallest absolute Gasteiger partial charge is 0.227 e. The number of nitrogens with zero attached hydrogens (tertiary/aromatic N) is 2. The van der Waals surface area contributed by atoms with Crippen LogP contribution in [0.15, 0.2) is 179 Å². The number of pyridine rings is 1. The molecule has 230 valence electrons. The summed E-state index contributed by atoms with van der Waals surface area (Å²) in [6, 6.07) is 57.6. The molecule has 4 nitrogen and oxygen atoms in total. The van der Waals surface area contributed by atoms with Gasteiger partial charge in [0.25, 0.3) is 0 Å². The third kappa shape index (κ3) is 4.57. The minimum absolute atomic E-state index is 0.664. The molecule has 0 bridgehead atoms. The molecule has 0 saturated heterocycles. The van der Waals surface area contributed by atoms with E-state index in [-0.39, 0.29) is 0 Å². The first-order chi connectivity index (χ1) is 24.3. The molecule has 0 saturated carbocycles. The fourth-order valence-corrected chi connectivity index (χ4v) is 7.13. The maximum absolute atomic E-state index is 6.33. The summed E-state index contributed by atoms with van der Waals surface area (Å²) >= 11 is 0. The van der Waals surface area contributed by atoms with Gasteiger partial charge in [0.1, 0.15) is 16.7 Å². The second-order valence-electron chi connectivity index (χ2n) is 12.4. The second-order valence-corrected chi connectivity index (χ2v) is 12.4. The third-order valence-electron chi connectivity index (χ3n) is 9.52. The molecule has 0 N–H and O–H groups in total. The zero-order chi connectivity index (χ0) is 32.3. The van der Waals surface area contributed by atoms with Crippen LogP contribution >= 0.6 is 0 Å². The van der Waals surface area contributed by atoms with Crippen LogP contribution in [0.25, 0.3) is 77.0 Å². The number of aromatic nitrogens is 1. The Morgan fingerprint density at radius 2 is 1.06 bits per heavy atom. The minimum Gasteiger partial charge on any atom is -0.456 e. The summed E-state index contributed by atoms with van der Waals surface area (Å²) in [5.41, 5.74) is 11.0. The van der Waals surface area contributed by atoms with Crippen LogP contribution < -0.4 is 4.90 Å². The van der Waals surface area contributed by atoms with Gasteiger partial charge in [-0.1, -0.05) is 91.0 Å². The predicted molar refractivity (Wildman–Crippen MR) is 202 cm³/mol. The van der Waals surface area contributed by atoms with Gasteiger partial charge in [-0.25, -0.2) is 4.98 Å². The van der Waals surface area contributed by atoms with E-state index in [0.29, 0.717) is 5.71 Å². The lowest BCUT2D eigenvalue weighted by molar-refractivity contribution is 0.657. The van der Waals surface area contributed by atoms with Crippen molar-refractivity contribution >= 4 is 71.8 Å². The van der Waals surface area contributed by atoms with Crippen LogP contribution in [0.1, 0.15) is 0 Å². The fraction of sp³-hybridized carbons (Fsp3) is 0. The van der Waals surface area contributed by atoms with Crippen LogP contribution in [0.5, 0.6) is 0 Å². The zero-order valence-electron chi connectivity index (χ0n) is 26.4. The van der Waals surface area contributed by atoms with E-state index in [0.717, 1.165) is 82.8 Å². The van der Waals surface area contributed by atoms with Crippen molar-refractivity contribution in [3.05, 3.63) is 170 Å². The standard InChI is InChI=1S/C45H28N2O2/c1-2-8-29(9-3-1)32-10-6-11-35(26-32)47(36-22-24-38-37-12-4-5-14-42(37)48-43(38)28-36)34-20-17-30(18-21-34)33-16-15-31-19-23-39-40-13-7-25-46-45(40)49-44(39)41(31)27-33/h1-28H. The molecule has 49 heavy (non-hydrogen) atoms. The summed E-state index contributed by atoms with van der Waals surface area (Å²) in [6.07, 6.45) is 1.77. The van der Waals surface area contributed by atoms with Gasteiger partial charge in [-0.15, -0.1) is 0 Å². The molecule has 7 aromatic carbocycles. The predicted octanol–water partition coefficient (Wildman–Crippen LogP) is 12.8. The lowest BCUT2D eigenvalue weighted by Crippen LogP contribution is -2.10. The summed E-state index contributed by atoms with van der Waals surface area (Å²) < 4.78 is 12.6. The highest BCUT2D eigenvalue weighted by molar-refractivity contribution is 6.15.